The first-order chi connectivity index (χ1) is 9.86. The maximum Gasteiger partial charge on any atom is 0.119 e. The molecule has 1 aliphatic heterocycles. The molecule has 3 nitrogen and oxygen atoms in total. The third kappa shape index (κ3) is 2.78. The van der Waals surface area contributed by atoms with Crippen LogP contribution >= 0.6 is 11.8 Å². The van der Waals surface area contributed by atoms with E-state index in [2.05, 4.69) is 40.2 Å². The number of pyridine rings is 1. The summed E-state index contributed by atoms with van der Waals surface area (Å²) in [5.74, 6) is 0. The van der Waals surface area contributed by atoms with Crippen molar-refractivity contribution in [3.05, 3.63) is 48.2 Å². The Bertz CT molecular complexity index is 625. The summed E-state index contributed by atoms with van der Waals surface area (Å²) in [6.07, 6.45) is 4.30. The van der Waals surface area contributed by atoms with Crippen molar-refractivity contribution in [1.29, 1.82) is 5.26 Å². The third-order valence-electron chi connectivity index (χ3n) is 3.41. The number of nitriles is 1. The molecular formula is C16H15N3S. The number of benzene rings is 1. The van der Waals surface area contributed by atoms with E-state index in [0.717, 1.165) is 23.0 Å². The van der Waals surface area contributed by atoms with Crippen molar-refractivity contribution < 1.29 is 0 Å². The standard InChI is InChI=1S/C16H15N3S/c17-12-13-4-3-9-18-16(13)20-15-7-5-14(6-8-15)19-10-1-2-11-19/h3-9H,1-2,10-11H2. The molecule has 1 aromatic carbocycles. The fourth-order valence-electron chi connectivity index (χ4n) is 2.37. The van der Waals surface area contributed by atoms with Crippen molar-refractivity contribution in [2.75, 3.05) is 18.0 Å². The van der Waals surface area contributed by atoms with Gasteiger partial charge in [0.05, 0.1) is 5.56 Å². The summed E-state index contributed by atoms with van der Waals surface area (Å²) < 4.78 is 0. The molecular weight excluding hydrogens is 266 g/mol. The van der Waals surface area contributed by atoms with Gasteiger partial charge in [0.25, 0.3) is 0 Å². The predicted octanol–water partition coefficient (Wildman–Crippen LogP) is 3.70. The van der Waals surface area contributed by atoms with E-state index < -0.39 is 0 Å². The molecule has 0 atom stereocenters. The lowest BCUT2D eigenvalue weighted by Crippen LogP contribution is -2.17. The van der Waals surface area contributed by atoms with Gasteiger partial charge in [-0.05, 0) is 49.2 Å². The average Bonchev–Trinajstić information content (AvgIpc) is 3.03. The summed E-state index contributed by atoms with van der Waals surface area (Å²) in [5.41, 5.74) is 1.91. The van der Waals surface area contributed by atoms with Crippen LogP contribution in [0.15, 0.2) is 52.5 Å². The molecule has 1 aliphatic rings. The lowest BCUT2D eigenvalue weighted by molar-refractivity contribution is 0.949. The topological polar surface area (TPSA) is 39.9 Å². The van der Waals surface area contributed by atoms with Crippen molar-refractivity contribution in [1.82, 2.24) is 4.98 Å². The Labute approximate surface area is 123 Å². The van der Waals surface area contributed by atoms with Crippen molar-refractivity contribution in [3.63, 3.8) is 0 Å². The molecule has 1 saturated heterocycles. The maximum atomic E-state index is 9.07. The van der Waals surface area contributed by atoms with Gasteiger partial charge in [0.15, 0.2) is 0 Å². The van der Waals surface area contributed by atoms with Crippen LogP contribution in [0.2, 0.25) is 0 Å². The van der Waals surface area contributed by atoms with Gasteiger partial charge in [-0.2, -0.15) is 5.26 Å². The molecule has 0 unspecified atom stereocenters. The van der Waals surface area contributed by atoms with Crippen LogP contribution in [0.5, 0.6) is 0 Å². The van der Waals surface area contributed by atoms with Crippen molar-refractivity contribution >= 4 is 17.4 Å². The molecule has 0 aliphatic carbocycles. The van der Waals surface area contributed by atoms with E-state index in [1.165, 1.54) is 30.3 Å². The molecule has 0 bridgehead atoms. The Kier molecular flexibility index (Phi) is 3.89. The number of rotatable bonds is 3. The van der Waals surface area contributed by atoms with Crippen molar-refractivity contribution in [2.24, 2.45) is 0 Å². The molecule has 2 aromatic rings. The largest absolute Gasteiger partial charge is 0.372 e. The lowest BCUT2D eigenvalue weighted by atomic mass is 10.3. The molecule has 0 saturated carbocycles. The van der Waals surface area contributed by atoms with Crippen LogP contribution in [-0.4, -0.2) is 18.1 Å². The van der Waals surface area contributed by atoms with E-state index in [-0.39, 0.29) is 0 Å². The second-order valence-corrected chi connectivity index (χ2v) is 5.82. The van der Waals surface area contributed by atoms with E-state index in [1.54, 1.807) is 18.3 Å². The summed E-state index contributed by atoms with van der Waals surface area (Å²) in [6.45, 7) is 2.32. The summed E-state index contributed by atoms with van der Waals surface area (Å²) in [5, 5.41) is 9.84. The van der Waals surface area contributed by atoms with Crippen LogP contribution < -0.4 is 4.90 Å². The normalized spacial score (nSPS) is 14.2. The maximum absolute atomic E-state index is 9.07. The zero-order valence-electron chi connectivity index (χ0n) is 11.1. The SMILES string of the molecule is N#Cc1cccnc1Sc1ccc(N2CCCC2)cc1. The van der Waals surface area contributed by atoms with Gasteiger partial charge in [-0.15, -0.1) is 0 Å². The highest BCUT2D eigenvalue weighted by atomic mass is 32.2. The van der Waals surface area contributed by atoms with Crippen LogP contribution in [0.25, 0.3) is 0 Å². The minimum atomic E-state index is 0.626. The number of nitrogens with zero attached hydrogens (tertiary/aromatic N) is 3. The van der Waals surface area contributed by atoms with Crippen molar-refractivity contribution in [3.8, 4) is 6.07 Å². The van der Waals surface area contributed by atoms with Gasteiger partial charge in [0.2, 0.25) is 0 Å². The van der Waals surface area contributed by atoms with Gasteiger partial charge < -0.3 is 4.90 Å². The van der Waals surface area contributed by atoms with Crippen LogP contribution in [-0.2, 0) is 0 Å². The van der Waals surface area contributed by atoms with E-state index in [9.17, 15) is 0 Å². The Morgan fingerprint density at radius 1 is 1.10 bits per heavy atom. The molecule has 2 heterocycles. The summed E-state index contributed by atoms with van der Waals surface area (Å²) in [4.78, 5) is 7.80. The number of hydrogen-bond donors (Lipinski definition) is 0. The Morgan fingerprint density at radius 2 is 1.85 bits per heavy atom. The molecule has 0 amide bonds. The van der Waals surface area contributed by atoms with Crippen molar-refractivity contribution in [2.45, 2.75) is 22.8 Å². The van der Waals surface area contributed by atoms with E-state index in [1.807, 2.05) is 0 Å². The fraction of sp³-hybridized carbons (Fsp3) is 0.250. The van der Waals surface area contributed by atoms with E-state index in [0.29, 0.717) is 5.56 Å². The first-order valence-electron chi connectivity index (χ1n) is 6.75. The first-order valence-corrected chi connectivity index (χ1v) is 7.56. The van der Waals surface area contributed by atoms with Gasteiger partial charge in [0.1, 0.15) is 11.1 Å². The molecule has 3 rings (SSSR count). The number of anilines is 1. The number of hydrogen-bond acceptors (Lipinski definition) is 4. The van der Waals surface area contributed by atoms with Crippen LogP contribution in [0, 0.1) is 11.3 Å². The van der Waals surface area contributed by atoms with E-state index in [4.69, 9.17) is 5.26 Å². The highest BCUT2D eigenvalue weighted by Crippen LogP contribution is 2.30. The molecule has 1 fully saturated rings. The lowest BCUT2D eigenvalue weighted by Gasteiger charge is -2.17. The first kappa shape index (κ1) is 13.0. The monoisotopic (exact) mass is 281 g/mol. The molecule has 0 N–H and O–H groups in total. The minimum Gasteiger partial charge on any atom is -0.372 e. The molecule has 100 valence electrons. The molecule has 4 heteroatoms. The van der Waals surface area contributed by atoms with Gasteiger partial charge in [0, 0.05) is 29.9 Å². The fourth-order valence-corrected chi connectivity index (χ4v) is 3.20. The average molecular weight is 281 g/mol. The number of aromatic nitrogens is 1. The van der Waals surface area contributed by atoms with Crippen LogP contribution in [0.1, 0.15) is 18.4 Å². The molecule has 0 spiro atoms. The zero-order valence-corrected chi connectivity index (χ0v) is 11.9. The molecule has 20 heavy (non-hydrogen) atoms. The van der Waals surface area contributed by atoms with Crippen LogP contribution in [0.4, 0.5) is 5.69 Å². The van der Waals surface area contributed by atoms with Gasteiger partial charge in [-0.25, -0.2) is 4.98 Å². The highest BCUT2D eigenvalue weighted by Gasteiger charge is 2.12. The summed E-state index contributed by atoms with van der Waals surface area (Å²) >= 11 is 1.54. The second kappa shape index (κ2) is 5.98. The molecule has 1 aromatic heterocycles. The highest BCUT2D eigenvalue weighted by molar-refractivity contribution is 7.99. The molecule has 0 radical (unpaired) electrons. The van der Waals surface area contributed by atoms with E-state index >= 15 is 0 Å². The summed E-state index contributed by atoms with van der Waals surface area (Å²) in [6, 6.07) is 14.3. The quantitative estimate of drug-likeness (QED) is 0.860. The minimum absolute atomic E-state index is 0.626. The van der Waals surface area contributed by atoms with Crippen LogP contribution in [0.3, 0.4) is 0 Å². The summed E-state index contributed by atoms with van der Waals surface area (Å²) in [7, 11) is 0. The predicted molar refractivity (Wildman–Crippen MR) is 81.0 cm³/mol. The van der Waals surface area contributed by atoms with Gasteiger partial charge in [-0.3, -0.25) is 0 Å². The Hall–Kier alpha value is -1.99. The second-order valence-electron chi connectivity index (χ2n) is 4.76. The van der Waals surface area contributed by atoms with Gasteiger partial charge in [-0.1, -0.05) is 11.8 Å². The third-order valence-corrected chi connectivity index (χ3v) is 4.44. The Balaban J connectivity index is 1.76. The zero-order chi connectivity index (χ0) is 13.8. The smallest absolute Gasteiger partial charge is 0.119 e. The van der Waals surface area contributed by atoms with Gasteiger partial charge >= 0.3 is 0 Å². The Morgan fingerprint density at radius 3 is 2.55 bits per heavy atom.